The molecule has 1 aliphatic heterocycles. The molecule has 0 bridgehead atoms. The molecule has 0 aliphatic carbocycles. The monoisotopic (exact) mass is 267 g/mol. The maximum absolute atomic E-state index is 13.2. The average molecular weight is 267 g/mol. The van der Waals surface area contributed by atoms with Crippen LogP contribution in [-0.2, 0) is 0 Å². The van der Waals surface area contributed by atoms with Crippen molar-refractivity contribution in [2.24, 2.45) is 0 Å². The molecule has 3 rings (SSSR count). The summed E-state index contributed by atoms with van der Waals surface area (Å²) < 4.78 is 28.2. The van der Waals surface area contributed by atoms with Crippen LogP contribution in [0.4, 0.5) is 20.4 Å². The Morgan fingerprint density at radius 3 is 2.58 bits per heavy atom. The molecule has 1 saturated heterocycles. The standard InChI is InChI=1S/C12H15F2N5/c1-8-6-19-7-9(15)17-11(10(19)16-8)18-4-2-12(13,14)3-5-18/h6-7H,2-5,15H2,1H3. The highest BCUT2D eigenvalue weighted by Crippen LogP contribution is 2.31. The lowest BCUT2D eigenvalue weighted by Gasteiger charge is -2.32. The normalized spacial score (nSPS) is 19.0. The minimum absolute atomic E-state index is 0.157. The average Bonchev–Trinajstić information content (AvgIpc) is 2.68. The van der Waals surface area contributed by atoms with Crippen LogP contribution < -0.4 is 10.6 Å². The minimum atomic E-state index is -2.57. The molecule has 1 aliphatic rings. The van der Waals surface area contributed by atoms with Crippen LogP contribution in [0.25, 0.3) is 5.65 Å². The van der Waals surface area contributed by atoms with E-state index in [1.807, 2.05) is 18.0 Å². The van der Waals surface area contributed by atoms with Gasteiger partial charge in [0.15, 0.2) is 11.5 Å². The van der Waals surface area contributed by atoms with Crippen molar-refractivity contribution < 1.29 is 8.78 Å². The quantitative estimate of drug-likeness (QED) is 0.856. The van der Waals surface area contributed by atoms with Gasteiger partial charge in [-0.25, -0.2) is 18.7 Å². The number of nitrogens with two attached hydrogens (primary N) is 1. The number of fused-ring (bicyclic) bond motifs is 1. The van der Waals surface area contributed by atoms with Crippen LogP contribution >= 0.6 is 0 Å². The lowest BCUT2D eigenvalue weighted by Crippen LogP contribution is -2.40. The third-order valence-electron chi connectivity index (χ3n) is 3.35. The van der Waals surface area contributed by atoms with Gasteiger partial charge in [0.2, 0.25) is 0 Å². The van der Waals surface area contributed by atoms with Crippen LogP contribution in [0.2, 0.25) is 0 Å². The zero-order valence-corrected chi connectivity index (χ0v) is 10.6. The van der Waals surface area contributed by atoms with Crippen LogP contribution in [0.3, 0.4) is 0 Å². The molecule has 3 heterocycles. The van der Waals surface area contributed by atoms with E-state index in [-0.39, 0.29) is 25.9 Å². The summed E-state index contributed by atoms with van der Waals surface area (Å²) in [6.45, 7) is 2.41. The Kier molecular flexibility index (Phi) is 2.58. The Balaban J connectivity index is 2.00. The smallest absolute Gasteiger partial charge is 0.251 e. The van der Waals surface area contributed by atoms with E-state index >= 15 is 0 Å². The van der Waals surface area contributed by atoms with Crippen molar-refractivity contribution >= 4 is 17.3 Å². The first-order valence-electron chi connectivity index (χ1n) is 6.19. The summed E-state index contributed by atoms with van der Waals surface area (Å²) in [5, 5.41) is 0. The molecule has 0 atom stereocenters. The van der Waals surface area contributed by atoms with Crippen molar-refractivity contribution in [2.45, 2.75) is 25.7 Å². The molecule has 0 spiro atoms. The Labute approximate surface area is 109 Å². The fourth-order valence-electron chi connectivity index (χ4n) is 2.38. The molecule has 102 valence electrons. The number of aryl methyl sites for hydroxylation is 1. The molecule has 7 heteroatoms. The van der Waals surface area contributed by atoms with Crippen LogP contribution in [0.5, 0.6) is 0 Å². The summed E-state index contributed by atoms with van der Waals surface area (Å²) >= 11 is 0. The van der Waals surface area contributed by atoms with Crippen molar-refractivity contribution in [1.82, 2.24) is 14.4 Å². The van der Waals surface area contributed by atoms with Gasteiger partial charge in [0.1, 0.15) is 5.82 Å². The second-order valence-corrected chi connectivity index (χ2v) is 4.95. The maximum Gasteiger partial charge on any atom is 0.251 e. The Hall–Kier alpha value is -1.92. The van der Waals surface area contributed by atoms with Crippen LogP contribution in [0.1, 0.15) is 18.5 Å². The topological polar surface area (TPSA) is 59.5 Å². The van der Waals surface area contributed by atoms with Gasteiger partial charge in [0.25, 0.3) is 5.92 Å². The fraction of sp³-hybridized carbons (Fsp3) is 0.500. The number of nitrogen functional groups attached to an aromatic ring is 1. The molecule has 2 aromatic heterocycles. The Morgan fingerprint density at radius 2 is 1.89 bits per heavy atom. The largest absolute Gasteiger partial charge is 0.382 e. The van der Waals surface area contributed by atoms with Gasteiger partial charge < -0.3 is 15.0 Å². The molecule has 2 N–H and O–H groups in total. The van der Waals surface area contributed by atoms with E-state index in [0.717, 1.165) is 5.69 Å². The molecule has 2 aromatic rings. The molecule has 19 heavy (non-hydrogen) atoms. The van der Waals surface area contributed by atoms with Crippen molar-refractivity contribution in [1.29, 1.82) is 0 Å². The van der Waals surface area contributed by atoms with Gasteiger partial charge in [-0.2, -0.15) is 0 Å². The van der Waals surface area contributed by atoms with E-state index in [4.69, 9.17) is 5.73 Å². The summed E-state index contributed by atoms with van der Waals surface area (Å²) in [6, 6.07) is 0. The predicted octanol–water partition coefficient (Wildman–Crippen LogP) is 1.86. The third kappa shape index (κ3) is 2.20. The van der Waals surface area contributed by atoms with Gasteiger partial charge >= 0.3 is 0 Å². The van der Waals surface area contributed by atoms with Crippen LogP contribution in [0, 0.1) is 6.92 Å². The fourth-order valence-corrected chi connectivity index (χ4v) is 2.38. The summed E-state index contributed by atoms with van der Waals surface area (Å²) in [5.41, 5.74) is 7.27. The van der Waals surface area contributed by atoms with E-state index in [9.17, 15) is 8.78 Å². The second kappa shape index (κ2) is 4.04. The van der Waals surface area contributed by atoms with Gasteiger partial charge in [0, 0.05) is 32.1 Å². The number of rotatable bonds is 1. The van der Waals surface area contributed by atoms with E-state index in [0.29, 0.717) is 17.3 Å². The molecule has 0 saturated carbocycles. The van der Waals surface area contributed by atoms with E-state index in [1.54, 1.807) is 10.6 Å². The van der Waals surface area contributed by atoms with Gasteiger partial charge in [-0.15, -0.1) is 0 Å². The maximum atomic E-state index is 13.2. The highest BCUT2D eigenvalue weighted by atomic mass is 19.3. The highest BCUT2D eigenvalue weighted by Gasteiger charge is 2.35. The minimum Gasteiger partial charge on any atom is -0.382 e. The lowest BCUT2D eigenvalue weighted by atomic mass is 10.1. The Morgan fingerprint density at radius 1 is 1.21 bits per heavy atom. The number of hydrogen-bond donors (Lipinski definition) is 1. The molecule has 1 fully saturated rings. The first-order chi connectivity index (χ1) is 8.94. The van der Waals surface area contributed by atoms with Gasteiger partial charge in [-0.1, -0.05) is 0 Å². The molecule has 0 radical (unpaired) electrons. The molecule has 5 nitrogen and oxygen atoms in total. The van der Waals surface area contributed by atoms with E-state index in [1.165, 1.54) is 0 Å². The number of hydrogen-bond acceptors (Lipinski definition) is 4. The molecule has 0 amide bonds. The summed E-state index contributed by atoms with van der Waals surface area (Å²) in [4.78, 5) is 10.5. The summed E-state index contributed by atoms with van der Waals surface area (Å²) in [5.74, 6) is -1.63. The van der Waals surface area contributed by atoms with Crippen molar-refractivity contribution in [2.75, 3.05) is 23.7 Å². The van der Waals surface area contributed by atoms with Gasteiger partial charge in [-0.3, -0.25) is 0 Å². The summed E-state index contributed by atoms with van der Waals surface area (Å²) in [6.07, 6.45) is 3.21. The van der Waals surface area contributed by atoms with Crippen LogP contribution in [-0.4, -0.2) is 33.4 Å². The molecular formula is C12H15F2N5. The number of piperidine rings is 1. The molecule has 0 unspecified atom stereocenters. The number of imidazole rings is 1. The highest BCUT2D eigenvalue weighted by molar-refractivity contribution is 5.67. The van der Waals surface area contributed by atoms with Crippen molar-refractivity contribution in [3.8, 4) is 0 Å². The van der Waals surface area contributed by atoms with E-state index in [2.05, 4.69) is 9.97 Å². The second-order valence-electron chi connectivity index (χ2n) is 4.95. The summed E-state index contributed by atoms with van der Waals surface area (Å²) in [7, 11) is 0. The first kappa shape index (κ1) is 12.1. The zero-order valence-electron chi connectivity index (χ0n) is 10.6. The zero-order chi connectivity index (χ0) is 13.6. The predicted molar refractivity (Wildman–Crippen MR) is 68.5 cm³/mol. The number of alkyl halides is 2. The SMILES string of the molecule is Cc1cn2cc(N)nc(N3CCC(F)(F)CC3)c2n1. The number of halogens is 2. The van der Waals surface area contributed by atoms with Crippen LogP contribution in [0.15, 0.2) is 12.4 Å². The number of anilines is 2. The van der Waals surface area contributed by atoms with Crippen molar-refractivity contribution in [3.63, 3.8) is 0 Å². The third-order valence-corrected chi connectivity index (χ3v) is 3.35. The number of aromatic nitrogens is 3. The molecular weight excluding hydrogens is 252 g/mol. The molecule has 0 aromatic carbocycles. The van der Waals surface area contributed by atoms with Gasteiger partial charge in [0.05, 0.1) is 11.9 Å². The van der Waals surface area contributed by atoms with E-state index < -0.39 is 5.92 Å². The first-order valence-corrected chi connectivity index (χ1v) is 6.19. The van der Waals surface area contributed by atoms with Gasteiger partial charge in [-0.05, 0) is 6.92 Å². The number of nitrogens with zero attached hydrogens (tertiary/aromatic N) is 4. The Bertz CT molecular complexity index is 612. The van der Waals surface area contributed by atoms with Crippen molar-refractivity contribution in [3.05, 3.63) is 18.1 Å². The lowest BCUT2D eigenvalue weighted by molar-refractivity contribution is -0.0221.